The number of aromatic nitrogens is 2. The lowest BCUT2D eigenvalue weighted by atomic mass is 10.1. The van der Waals surface area contributed by atoms with E-state index in [9.17, 15) is 22.4 Å². The molecule has 0 saturated heterocycles. The van der Waals surface area contributed by atoms with Gasteiger partial charge in [-0.1, -0.05) is 0 Å². The summed E-state index contributed by atoms with van der Waals surface area (Å²) in [5.41, 5.74) is 1.58. The minimum atomic E-state index is -4.08. The van der Waals surface area contributed by atoms with E-state index in [0.29, 0.717) is 32.7 Å². The average molecular weight is 531 g/mol. The number of carbonyl (C=O) groups is 1. The van der Waals surface area contributed by atoms with Crippen molar-refractivity contribution in [2.24, 2.45) is 12.2 Å². The molecule has 3 heterocycles. The van der Waals surface area contributed by atoms with Gasteiger partial charge in [0.2, 0.25) is 10.0 Å². The number of hydrogen-bond donors (Lipinski definition) is 3. The fourth-order valence-corrected chi connectivity index (χ4v) is 5.88. The van der Waals surface area contributed by atoms with E-state index in [0.717, 1.165) is 24.2 Å². The van der Waals surface area contributed by atoms with Crippen LogP contribution in [0.4, 0.5) is 4.39 Å². The van der Waals surface area contributed by atoms with Crippen LogP contribution < -0.4 is 20.8 Å². The van der Waals surface area contributed by atoms with Gasteiger partial charge >= 0.3 is 0 Å². The van der Waals surface area contributed by atoms with Crippen LogP contribution in [0, 0.1) is 19.7 Å². The Morgan fingerprint density at radius 1 is 1.22 bits per heavy atom. The standard InChI is InChI=1S/C24H23FN4O5S2/c1-11-6-13(25)7-12(2)21(11)34-18-9-19(36(26,32)33)35-22(18)16-10-29(3)24(31)20-15(16)8-17(28-20)23(30)27-14-4-5-14/h6-10,14,28H,4-5H2,1-3H3,(H,27,30)(H2,26,32,33). The van der Waals surface area contributed by atoms with E-state index in [-0.39, 0.29) is 38.7 Å². The highest BCUT2D eigenvalue weighted by Gasteiger charge is 2.27. The summed E-state index contributed by atoms with van der Waals surface area (Å²) in [6.07, 6.45) is 3.37. The van der Waals surface area contributed by atoms with Crippen molar-refractivity contribution in [3.8, 4) is 21.9 Å². The van der Waals surface area contributed by atoms with Crippen LogP contribution in [0.25, 0.3) is 21.3 Å². The number of carbonyl (C=O) groups excluding carboxylic acids is 1. The van der Waals surface area contributed by atoms with Gasteiger partial charge in [-0.05, 0) is 56.0 Å². The number of nitrogens with two attached hydrogens (primary N) is 1. The molecule has 1 saturated carbocycles. The summed E-state index contributed by atoms with van der Waals surface area (Å²) < 4.78 is 45.6. The van der Waals surface area contributed by atoms with E-state index in [4.69, 9.17) is 9.88 Å². The summed E-state index contributed by atoms with van der Waals surface area (Å²) in [6.45, 7) is 3.36. The number of ether oxygens (including phenoxy) is 1. The molecule has 36 heavy (non-hydrogen) atoms. The molecule has 1 aromatic carbocycles. The quantitative estimate of drug-likeness (QED) is 0.349. The Balaban J connectivity index is 1.71. The number of fused-ring (bicyclic) bond motifs is 1. The highest BCUT2D eigenvalue weighted by atomic mass is 32.2. The van der Waals surface area contributed by atoms with Crippen molar-refractivity contribution in [2.75, 3.05) is 0 Å². The van der Waals surface area contributed by atoms with Gasteiger partial charge in [0.1, 0.15) is 32.7 Å². The Labute approximate surface area is 209 Å². The second-order valence-electron chi connectivity index (χ2n) is 8.95. The normalized spacial score (nSPS) is 13.8. The largest absolute Gasteiger partial charge is 0.455 e. The summed E-state index contributed by atoms with van der Waals surface area (Å²) in [7, 11) is -2.53. The topological polar surface area (TPSA) is 136 Å². The minimum Gasteiger partial charge on any atom is -0.455 e. The van der Waals surface area contributed by atoms with Crippen LogP contribution in [0.15, 0.2) is 39.5 Å². The number of benzene rings is 1. The third-order valence-corrected chi connectivity index (χ3v) is 8.53. The van der Waals surface area contributed by atoms with E-state index in [1.54, 1.807) is 33.2 Å². The molecule has 0 aliphatic heterocycles. The van der Waals surface area contributed by atoms with Crippen molar-refractivity contribution in [3.63, 3.8) is 0 Å². The number of H-pyrrole nitrogens is 1. The van der Waals surface area contributed by atoms with Gasteiger partial charge in [-0.2, -0.15) is 0 Å². The van der Waals surface area contributed by atoms with Crippen LogP contribution in [-0.2, 0) is 17.1 Å². The van der Waals surface area contributed by atoms with Crippen LogP contribution in [0.5, 0.6) is 11.5 Å². The smallest absolute Gasteiger partial charge is 0.274 e. The Bertz CT molecular complexity index is 1690. The lowest BCUT2D eigenvalue weighted by molar-refractivity contribution is 0.0947. The number of nitrogens with one attached hydrogen (secondary N) is 2. The second kappa shape index (κ2) is 8.57. The second-order valence-corrected chi connectivity index (χ2v) is 11.8. The summed E-state index contributed by atoms with van der Waals surface area (Å²) in [6, 6.07) is 5.63. The molecule has 4 N–H and O–H groups in total. The van der Waals surface area contributed by atoms with Crippen LogP contribution in [-0.4, -0.2) is 29.9 Å². The van der Waals surface area contributed by atoms with Crippen molar-refractivity contribution in [3.05, 3.63) is 63.5 Å². The number of halogens is 1. The maximum absolute atomic E-state index is 13.8. The van der Waals surface area contributed by atoms with Gasteiger partial charge in [0.25, 0.3) is 11.5 Å². The van der Waals surface area contributed by atoms with Gasteiger partial charge in [0.05, 0.1) is 4.88 Å². The number of primary sulfonamides is 1. The molecule has 1 amide bonds. The fourth-order valence-electron chi connectivity index (χ4n) is 4.05. The molecule has 0 spiro atoms. The number of nitrogens with zero attached hydrogens (tertiary/aromatic N) is 1. The average Bonchev–Trinajstić information content (AvgIpc) is 3.30. The van der Waals surface area contributed by atoms with E-state index < -0.39 is 15.8 Å². The lowest BCUT2D eigenvalue weighted by Gasteiger charge is -2.13. The zero-order valence-corrected chi connectivity index (χ0v) is 21.3. The van der Waals surface area contributed by atoms with E-state index in [2.05, 4.69) is 10.3 Å². The Kier molecular flexibility index (Phi) is 5.77. The van der Waals surface area contributed by atoms with Gasteiger partial charge in [-0.15, -0.1) is 11.3 Å². The van der Waals surface area contributed by atoms with Gasteiger partial charge in [0, 0.05) is 36.3 Å². The third kappa shape index (κ3) is 4.43. The number of thiophene rings is 1. The number of aryl methyl sites for hydroxylation is 3. The summed E-state index contributed by atoms with van der Waals surface area (Å²) in [5, 5.41) is 8.73. The van der Waals surface area contributed by atoms with Gasteiger partial charge < -0.3 is 19.6 Å². The molecular weight excluding hydrogens is 507 g/mol. The number of amides is 1. The van der Waals surface area contributed by atoms with E-state index in [1.807, 2.05) is 0 Å². The first-order valence-corrected chi connectivity index (χ1v) is 13.4. The van der Waals surface area contributed by atoms with Gasteiger partial charge in [-0.25, -0.2) is 17.9 Å². The number of hydrogen-bond acceptors (Lipinski definition) is 6. The van der Waals surface area contributed by atoms with Gasteiger partial charge in [0.15, 0.2) is 0 Å². The maximum Gasteiger partial charge on any atom is 0.274 e. The molecule has 0 bridgehead atoms. The Morgan fingerprint density at radius 3 is 2.50 bits per heavy atom. The first-order valence-electron chi connectivity index (χ1n) is 11.1. The molecule has 0 atom stereocenters. The SMILES string of the molecule is Cc1cc(F)cc(C)c1Oc1cc(S(N)(=O)=O)sc1-c1cn(C)c(=O)c2[nH]c(C(=O)NC3CC3)cc12. The van der Waals surface area contributed by atoms with Crippen LogP contribution >= 0.6 is 11.3 Å². The van der Waals surface area contributed by atoms with Crippen LogP contribution in [0.2, 0.25) is 0 Å². The third-order valence-electron chi connectivity index (χ3n) is 5.96. The molecule has 1 aliphatic carbocycles. The predicted octanol–water partition coefficient (Wildman–Crippen LogP) is 3.68. The number of pyridine rings is 1. The van der Waals surface area contributed by atoms with Crippen LogP contribution in [0.1, 0.15) is 34.5 Å². The van der Waals surface area contributed by atoms with E-state index in [1.165, 1.54) is 22.8 Å². The molecular formula is C24H23FN4O5S2. The molecule has 5 rings (SSSR count). The van der Waals surface area contributed by atoms with Crippen molar-refractivity contribution >= 4 is 38.2 Å². The van der Waals surface area contributed by atoms with Crippen molar-refractivity contribution in [1.29, 1.82) is 0 Å². The number of sulfonamides is 1. The Morgan fingerprint density at radius 2 is 1.89 bits per heavy atom. The fraction of sp³-hybridized carbons (Fsp3) is 0.250. The van der Waals surface area contributed by atoms with Crippen molar-refractivity contribution in [2.45, 2.75) is 36.9 Å². The summed E-state index contributed by atoms with van der Waals surface area (Å²) >= 11 is 0.880. The van der Waals surface area contributed by atoms with Crippen molar-refractivity contribution in [1.82, 2.24) is 14.9 Å². The maximum atomic E-state index is 13.8. The predicted molar refractivity (Wildman–Crippen MR) is 135 cm³/mol. The molecule has 3 aromatic heterocycles. The Hall–Kier alpha value is -3.48. The first-order chi connectivity index (χ1) is 16.9. The highest BCUT2D eigenvalue weighted by Crippen LogP contribution is 2.45. The molecule has 0 unspecified atom stereocenters. The summed E-state index contributed by atoms with van der Waals surface area (Å²) in [5.74, 6) is -0.202. The molecule has 12 heteroatoms. The minimum absolute atomic E-state index is 0.128. The summed E-state index contributed by atoms with van der Waals surface area (Å²) in [4.78, 5) is 28.8. The van der Waals surface area contributed by atoms with Gasteiger partial charge in [-0.3, -0.25) is 9.59 Å². The molecule has 4 aromatic rings. The highest BCUT2D eigenvalue weighted by molar-refractivity contribution is 7.91. The molecule has 0 radical (unpaired) electrons. The molecule has 1 fully saturated rings. The lowest BCUT2D eigenvalue weighted by Crippen LogP contribution is -2.25. The number of aromatic amines is 1. The molecule has 1 aliphatic rings. The molecule has 188 valence electrons. The zero-order valence-electron chi connectivity index (χ0n) is 19.6. The monoisotopic (exact) mass is 530 g/mol. The zero-order chi connectivity index (χ0) is 25.9. The first kappa shape index (κ1) is 24.2. The number of rotatable bonds is 6. The molecule has 9 nitrogen and oxygen atoms in total. The van der Waals surface area contributed by atoms with Crippen molar-refractivity contribution < 1.29 is 22.3 Å². The van der Waals surface area contributed by atoms with Crippen LogP contribution in [0.3, 0.4) is 0 Å². The van der Waals surface area contributed by atoms with E-state index >= 15 is 0 Å².